The molecule has 0 bridgehead atoms. The molecule has 1 heterocycles. The normalized spacial score (nSPS) is 22.4. The molecule has 1 aliphatic carbocycles. The van der Waals surface area contributed by atoms with E-state index in [-0.39, 0.29) is 23.3 Å². The Morgan fingerprint density at radius 2 is 2.20 bits per heavy atom. The number of rotatable bonds is 4. The molecule has 2 unspecified atom stereocenters. The van der Waals surface area contributed by atoms with Gasteiger partial charge in [-0.3, -0.25) is 4.79 Å². The molecule has 4 nitrogen and oxygen atoms in total. The lowest BCUT2D eigenvalue weighted by Gasteiger charge is -2.29. The molecule has 5 heteroatoms. The van der Waals surface area contributed by atoms with E-state index in [4.69, 9.17) is 0 Å². The summed E-state index contributed by atoms with van der Waals surface area (Å²) in [6.45, 7) is 4.56. The molecule has 0 aromatic carbocycles. The van der Waals surface area contributed by atoms with Crippen LogP contribution in [0.25, 0.3) is 0 Å². The molecule has 0 saturated heterocycles. The van der Waals surface area contributed by atoms with Crippen molar-refractivity contribution in [1.29, 1.82) is 0 Å². The summed E-state index contributed by atoms with van der Waals surface area (Å²) in [6, 6.07) is 1.57. The molecule has 2 atom stereocenters. The Balaban J connectivity index is 2.10. The Morgan fingerprint density at radius 1 is 1.45 bits per heavy atom. The number of hydrogen-bond acceptors (Lipinski definition) is 3. The summed E-state index contributed by atoms with van der Waals surface area (Å²) < 4.78 is 14.2. The molecule has 20 heavy (non-hydrogen) atoms. The van der Waals surface area contributed by atoms with Gasteiger partial charge in [-0.25, -0.2) is 9.37 Å². The Kier molecular flexibility index (Phi) is 4.93. The van der Waals surface area contributed by atoms with Crippen LogP contribution in [-0.2, 0) is 0 Å². The molecule has 2 N–H and O–H groups in total. The van der Waals surface area contributed by atoms with E-state index in [9.17, 15) is 9.18 Å². The minimum absolute atomic E-state index is 0.0636. The van der Waals surface area contributed by atoms with Gasteiger partial charge < -0.3 is 10.6 Å². The smallest absolute Gasteiger partial charge is 0.254 e. The predicted octanol–water partition coefficient (Wildman–Crippen LogP) is 2.96. The van der Waals surface area contributed by atoms with Crippen molar-refractivity contribution in [2.45, 2.75) is 45.6 Å². The van der Waals surface area contributed by atoms with Crippen LogP contribution in [0.2, 0.25) is 0 Å². The molecule has 0 radical (unpaired) electrons. The van der Waals surface area contributed by atoms with Crippen molar-refractivity contribution < 1.29 is 9.18 Å². The van der Waals surface area contributed by atoms with Crippen LogP contribution in [0.1, 0.15) is 49.9 Å². The van der Waals surface area contributed by atoms with Gasteiger partial charge in [0.1, 0.15) is 0 Å². The van der Waals surface area contributed by atoms with Gasteiger partial charge in [0.2, 0.25) is 0 Å². The van der Waals surface area contributed by atoms with Gasteiger partial charge in [-0.2, -0.15) is 0 Å². The third-order valence-electron chi connectivity index (χ3n) is 3.91. The lowest BCUT2D eigenvalue weighted by Crippen LogP contribution is -2.41. The van der Waals surface area contributed by atoms with Crippen LogP contribution in [0.5, 0.6) is 0 Å². The van der Waals surface area contributed by atoms with E-state index < -0.39 is 5.82 Å². The van der Waals surface area contributed by atoms with Crippen molar-refractivity contribution >= 4 is 11.7 Å². The van der Waals surface area contributed by atoms with E-state index in [1.165, 1.54) is 18.7 Å². The number of nitrogens with zero attached hydrogens (tertiary/aromatic N) is 1. The molecule has 110 valence electrons. The highest BCUT2D eigenvalue weighted by molar-refractivity contribution is 5.95. The lowest BCUT2D eigenvalue weighted by atomic mass is 9.86. The second kappa shape index (κ2) is 6.68. The molecule has 1 aromatic heterocycles. The monoisotopic (exact) mass is 279 g/mol. The average molecular weight is 279 g/mol. The maximum atomic E-state index is 14.2. The van der Waals surface area contributed by atoms with E-state index in [1.54, 1.807) is 0 Å². The number of halogens is 1. The van der Waals surface area contributed by atoms with Gasteiger partial charge in [-0.1, -0.05) is 19.8 Å². The SMILES string of the molecule is CCNc1nccc(C(=O)NC2CCCCC2C)c1F. The van der Waals surface area contributed by atoms with Crippen LogP contribution >= 0.6 is 0 Å². The first-order valence-electron chi connectivity index (χ1n) is 7.32. The highest BCUT2D eigenvalue weighted by Gasteiger charge is 2.25. The minimum atomic E-state index is -0.574. The van der Waals surface area contributed by atoms with E-state index in [0.29, 0.717) is 12.5 Å². The second-order valence-electron chi connectivity index (χ2n) is 5.39. The predicted molar refractivity (Wildman–Crippen MR) is 77.2 cm³/mol. The molecule has 1 saturated carbocycles. The van der Waals surface area contributed by atoms with Crippen LogP contribution in [0.3, 0.4) is 0 Å². The largest absolute Gasteiger partial charge is 0.368 e. The number of aromatic nitrogens is 1. The van der Waals surface area contributed by atoms with Crippen LogP contribution in [-0.4, -0.2) is 23.5 Å². The summed E-state index contributed by atoms with van der Waals surface area (Å²) in [5.41, 5.74) is 0.0636. The van der Waals surface area contributed by atoms with E-state index in [2.05, 4.69) is 22.5 Å². The number of anilines is 1. The molecule has 1 amide bonds. The van der Waals surface area contributed by atoms with Crippen molar-refractivity contribution in [3.8, 4) is 0 Å². The van der Waals surface area contributed by atoms with Gasteiger partial charge in [0.25, 0.3) is 5.91 Å². The van der Waals surface area contributed by atoms with Gasteiger partial charge in [0, 0.05) is 18.8 Å². The van der Waals surface area contributed by atoms with E-state index in [0.717, 1.165) is 19.3 Å². The van der Waals surface area contributed by atoms with Crippen molar-refractivity contribution in [1.82, 2.24) is 10.3 Å². The third kappa shape index (κ3) is 3.26. The molecule has 1 aromatic rings. The molecule has 0 spiro atoms. The molecular formula is C15H22FN3O. The fourth-order valence-electron chi connectivity index (χ4n) is 2.69. The van der Waals surface area contributed by atoms with Crippen LogP contribution < -0.4 is 10.6 Å². The highest BCUT2D eigenvalue weighted by Crippen LogP contribution is 2.24. The standard InChI is InChI=1S/C15H22FN3O/c1-3-17-14-13(16)11(8-9-18-14)15(20)19-12-7-5-4-6-10(12)2/h8-10,12H,3-7H2,1-2H3,(H,17,18)(H,19,20). The van der Waals surface area contributed by atoms with Crippen LogP contribution in [0.15, 0.2) is 12.3 Å². The first-order valence-corrected chi connectivity index (χ1v) is 7.32. The summed E-state index contributed by atoms with van der Waals surface area (Å²) in [6.07, 6.45) is 5.88. The summed E-state index contributed by atoms with van der Waals surface area (Å²) in [5.74, 6) is -0.333. The summed E-state index contributed by atoms with van der Waals surface area (Å²) in [5, 5.41) is 5.78. The fourth-order valence-corrected chi connectivity index (χ4v) is 2.69. The molecule has 2 rings (SSSR count). The van der Waals surface area contributed by atoms with Crippen LogP contribution in [0.4, 0.5) is 10.2 Å². The maximum Gasteiger partial charge on any atom is 0.254 e. The Hall–Kier alpha value is -1.65. The quantitative estimate of drug-likeness (QED) is 0.891. The number of carbonyl (C=O) groups excluding carboxylic acids is 1. The van der Waals surface area contributed by atoms with Crippen molar-refractivity contribution in [2.75, 3.05) is 11.9 Å². The number of nitrogens with one attached hydrogen (secondary N) is 2. The fraction of sp³-hybridized carbons (Fsp3) is 0.600. The zero-order valence-corrected chi connectivity index (χ0v) is 12.1. The van der Waals surface area contributed by atoms with E-state index in [1.807, 2.05) is 6.92 Å². The Bertz CT molecular complexity index is 478. The van der Waals surface area contributed by atoms with Gasteiger partial charge in [-0.05, 0) is 31.7 Å². The Morgan fingerprint density at radius 3 is 2.90 bits per heavy atom. The van der Waals surface area contributed by atoms with Gasteiger partial charge in [0.15, 0.2) is 11.6 Å². The summed E-state index contributed by atoms with van der Waals surface area (Å²) in [7, 11) is 0. The van der Waals surface area contributed by atoms with Gasteiger partial charge >= 0.3 is 0 Å². The minimum Gasteiger partial charge on any atom is -0.368 e. The number of carbonyl (C=O) groups is 1. The van der Waals surface area contributed by atoms with Crippen molar-refractivity contribution in [3.63, 3.8) is 0 Å². The lowest BCUT2D eigenvalue weighted by molar-refractivity contribution is 0.0906. The maximum absolute atomic E-state index is 14.2. The summed E-state index contributed by atoms with van der Waals surface area (Å²) in [4.78, 5) is 16.1. The molecular weight excluding hydrogens is 257 g/mol. The topological polar surface area (TPSA) is 54.0 Å². The van der Waals surface area contributed by atoms with Gasteiger partial charge in [0.05, 0.1) is 5.56 Å². The molecule has 1 fully saturated rings. The number of pyridine rings is 1. The van der Waals surface area contributed by atoms with Crippen LogP contribution in [0, 0.1) is 11.7 Å². The summed E-state index contributed by atoms with van der Waals surface area (Å²) >= 11 is 0. The first-order chi connectivity index (χ1) is 9.63. The molecule has 0 aliphatic heterocycles. The zero-order valence-electron chi connectivity index (χ0n) is 12.1. The molecule has 1 aliphatic rings. The second-order valence-corrected chi connectivity index (χ2v) is 5.39. The van der Waals surface area contributed by atoms with Gasteiger partial charge in [-0.15, -0.1) is 0 Å². The van der Waals surface area contributed by atoms with Crippen molar-refractivity contribution in [2.24, 2.45) is 5.92 Å². The highest BCUT2D eigenvalue weighted by atomic mass is 19.1. The van der Waals surface area contributed by atoms with E-state index >= 15 is 0 Å². The average Bonchev–Trinajstić information content (AvgIpc) is 2.44. The number of amides is 1. The Labute approximate surface area is 119 Å². The zero-order chi connectivity index (χ0) is 14.5. The van der Waals surface area contributed by atoms with Crippen molar-refractivity contribution in [3.05, 3.63) is 23.6 Å². The first kappa shape index (κ1) is 14.8. The number of hydrogen-bond donors (Lipinski definition) is 2. The third-order valence-corrected chi connectivity index (χ3v) is 3.91.